The standard InChI is InChI=1S/C12H21N3O2S/c1-15(10-5-3-4-8-13)12-11(18(2,16)17)7-6-9-14-12/h6-7,9H,3-5,8,10,13H2,1-2H3. The van der Waals surface area contributed by atoms with Gasteiger partial charge >= 0.3 is 0 Å². The predicted octanol–water partition coefficient (Wildman–Crippen LogP) is 1.05. The number of nitrogens with two attached hydrogens (primary N) is 1. The van der Waals surface area contributed by atoms with Crippen LogP contribution in [0.5, 0.6) is 0 Å². The number of unbranched alkanes of at least 4 members (excludes halogenated alkanes) is 2. The van der Waals surface area contributed by atoms with Crippen molar-refractivity contribution in [2.75, 3.05) is 31.3 Å². The summed E-state index contributed by atoms with van der Waals surface area (Å²) in [5.41, 5.74) is 5.43. The molecule has 0 amide bonds. The summed E-state index contributed by atoms with van der Waals surface area (Å²) in [6.07, 6.45) is 5.83. The van der Waals surface area contributed by atoms with E-state index in [1.165, 1.54) is 6.26 Å². The Bertz CT molecular complexity index is 474. The van der Waals surface area contributed by atoms with E-state index in [4.69, 9.17) is 5.73 Å². The van der Waals surface area contributed by atoms with Crippen LogP contribution in [0.2, 0.25) is 0 Å². The van der Waals surface area contributed by atoms with Crippen LogP contribution in [0.1, 0.15) is 19.3 Å². The van der Waals surface area contributed by atoms with Gasteiger partial charge in [-0.25, -0.2) is 13.4 Å². The Kier molecular flexibility index (Phi) is 5.55. The molecule has 0 aliphatic heterocycles. The van der Waals surface area contributed by atoms with E-state index in [9.17, 15) is 8.42 Å². The number of nitrogens with zero attached hydrogens (tertiary/aromatic N) is 2. The zero-order valence-corrected chi connectivity index (χ0v) is 11.8. The lowest BCUT2D eigenvalue weighted by atomic mass is 10.2. The third-order valence-corrected chi connectivity index (χ3v) is 3.83. The molecule has 0 aromatic carbocycles. The van der Waals surface area contributed by atoms with Gasteiger partial charge < -0.3 is 10.6 Å². The maximum Gasteiger partial charge on any atom is 0.179 e. The minimum Gasteiger partial charge on any atom is -0.359 e. The SMILES string of the molecule is CN(CCCCCN)c1ncccc1S(C)(=O)=O. The Hall–Kier alpha value is -1.14. The van der Waals surface area contributed by atoms with Crippen LogP contribution in [0.15, 0.2) is 23.2 Å². The van der Waals surface area contributed by atoms with E-state index in [-0.39, 0.29) is 4.90 Å². The Labute approximate surface area is 109 Å². The summed E-state index contributed by atoms with van der Waals surface area (Å²) < 4.78 is 23.3. The molecule has 1 heterocycles. The average molecular weight is 271 g/mol. The first-order valence-corrected chi connectivity index (χ1v) is 7.92. The molecule has 1 aromatic rings. The topological polar surface area (TPSA) is 76.3 Å². The fourth-order valence-electron chi connectivity index (χ4n) is 1.73. The van der Waals surface area contributed by atoms with Crippen LogP contribution >= 0.6 is 0 Å². The Morgan fingerprint density at radius 2 is 2.06 bits per heavy atom. The van der Waals surface area contributed by atoms with Crippen molar-refractivity contribution in [1.82, 2.24) is 4.98 Å². The van der Waals surface area contributed by atoms with Crippen LogP contribution in [0.4, 0.5) is 5.82 Å². The molecule has 0 aliphatic rings. The van der Waals surface area contributed by atoms with Crippen molar-refractivity contribution in [3.8, 4) is 0 Å². The largest absolute Gasteiger partial charge is 0.359 e. The van der Waals surface area contributed by atoms with Crippen LogP contribution in [0, 0.1) is 0 Å². The minimum absolute atomic E-state index is 0.284. The van der Waals surface area contributed by atoms with Gasteiger partial charge in [-0.1, -0.05) is 6.42 Å². The zero-order valence-electron chi connectivity index (χ0n) is 11.0. The maximum atomic E-state index is 11.7. The second kappa shape index (κ2) is 6.70. The molecule has 102 valence electrons. The number of hydrogen-bond acceptors (Lipinski definition) is 5. The molecule has 0 unspecified atom stereocenters. The third kappa shape index (κ3) is 4.27. The number of pyridine rings is 1. The lowest BCUT2D eigenvalue weighted by molar-refractivity contribution is 0.600. The summed E-state index contributed by atoms with van der Waals surface area (Å²) >= 11 is 0. The van der Waals surface area contributed by atoms with Crippen molar-refractivity contribution >= 4 is 15.7 Å². The molecule has 0 saturated carbocycles. The van der Waals surface area contributed by atoms with Gasteiger partial charge in [-0.2, -0.15) is 0 Å². The number of sulfone groups is 1. The molecule has 0 aliphatic carbocycles. The molecule has 0 radical (unpaired) electrons. The molecular formula is C12H21N3O2S. The summed E-state index contributed by atoms with van der Waals surface area (Å²) in [5, 5.41) is 0. The lowest BCUT2D eigenvalue weighted by Crippen LogP contribution is -2.22. The van der Waals surface area contributed by atoms with E-state index in [0.717, 1.165) is 25.8 Å². The predicted molar refractivity (Wildman–Crippen MR) is 73.5 cm³/mol. The lowest BCUT2D eigenvalue weighted by Gasteiger charge is -2.20. The summed E-state index contributed by atoms with van der Waals surface area (Å²) in [6.45, 7) is 1.47. The number of hydrogen-bond donors (Lipinski definition) is 1. The molecular weight excluding hydrogens is 250 g/mol. The summed E-state index contributed by atoms with van der Waals surface area (Å²) in [4.78, 5) is 6.33. The third-order valence-electron chi connectivity index (χ3n) is 2.71. The molecule has 0 fully saturated rings. The first kappa shape index (κ1) is 14.9. The summed E-state index contributed by atoms with van der Waals surface area (Å²) in [6, 6.07) is 3.23. The van der Waals surface area contributed by atoms with Crippen molar-refractivity contribution in [3.05, 3.63) is 18.3 Å². The monoisotopic (exact) mass is 271 g/mol. The molecule has 6 heteroatoms. The van der Waals surface area contributed by atoms with Gasteiger partial charge in [0.05, 0.1) is 0 Å². The second-order valence-corrected chi connectivity index (χ2v) is 6.35. The fourth-order valence-corrected chi connectivity index (χ4v) is 2.60. The van der Waals surface area contributed by atoms with Crippen LogP contribution in [-0.4, -0.2) is 39.8 Å². The van der Waals surface area contributed by atoms with Gasteiger partial charge in [0.15, 0.2) is 9.84 Å². The molecule has 2 N–H and O–H groups in total. The molecule has 1 aromatic heterocycles. The highest BCUT2D eigenvalue weighted by molar-refractivity contribution is 7.90. The smallest absolute Gasteiger partial charge is 0.179 e. The van der Waals surface area contributed by atoms with Gasteiger partial charge in [-0.15, -0.1) is 0 Å². The van der Waals surface area contributed by atoms with Crippen molar-refractivity contribution in [3.63, 3.8) is 0 Å². The molecule has 1 rings (SSSR count). The highest BCUT2D eigenvalue weighted by atomic mass is 32.2. The first-order valence-electron chi connectivity index (χ1n) is 6.03. The normalized spacial score (nSPS) is 11.5. The highest BCUT2D eigenvalue weighted by Crippen LogP contribution is 2.21. The second-order valence-electron chi connectivity index (χ2n) is 4.37. The van der Waals surface area contributed by atoms with Gasteiger partial charge in [0.2, 0.25) is 0 Å². The van der Waals surface area contributed by atoms with Crippen molar-refractivity contribution < 1.29 is 8.42 Å². The molecule has 0 spiro atoms. The van der Waals surface area contributed by atoms with Gasteiger partial charge in [-0.3, -0.25) is 0 Å². The Morgan fingerprint density at radius 1 is 1.33 bits per heavy atom. The van der Waals surface area contributed by atoms with Crippen molar-refractivity contribution in [1.29, 1.82) is 0 Å². The van der Waals surface area contributed by atoms with Crippen LogP contribution < -0.4 is 10.6 Å². The van der Waals surface area contributed by atoms with E-state index < -0.39 is 9.84 Å². The van der Waals surface area contributed by atoms with E-state index in [2.05, 4.69) is 4.98 Å². The van der Waals surface area contributed by atoms with E-state index >= 15 is 0 Å². The molecule has 0 saturated heterocycles. The highest BCUT2D eigenvalue weighted by Gasteiger charge is 2.16. The Morgan fingerprint density at radius 3 is 2.67 bits per heavy atom. The number of anilines is 1. The van der Waals surface area contributed by atoms with Gasteiger partial charge in [-0.05, 0) is 31.5 Å². The maximum absolute atomic E-state index is 11.7. The van der Waals surface area contributed by atoms with Gasteiger partial charge in [0.25, 0.3) is 0 Å². The molecule has 18 heavy (non-hydrogen) atoms. The van der Waals surface area contributed by atoms with Gasteiger partial charge in [0, 0.05) is 26.0 Å². The Balaban J connectivity index is 2.77. The molecule has 5 nitrogen and oxygen atoms in total. The van der Waals surface area contributed by atoms with Crippen LogP contribution in [0.25, 0.3) is 0 Å². The summed E-state index contributed by atoms with van der Waals surface area (Å²) in [7, 11) is -1.38. The van der Waals surface area contributed by atoms with E-state index in [1.807, 2.05) is 11.9 Å². The first-order chi connectivity index (χ1) is 8.46. The number of aromatic nitrogens is 1. The number of rotatable bonds is 7. The minimum atomic E-state index is -3.24. The van der Waals surface area contributed by atoms with E-state index in [0.29, 0.717) is 12.4 Å². The zero-order chi connectivity index (χ0) is 13.6. The average Bonchev–Trinajstić information content (AvgIpc) is 2.33. The molecule has 0 atom stereocenters. The van der Waals surface area contributed by atoms with Crippen molar-refractivity contribution in [2.24, 2.45) is 5.73 Å². The van der Waals surface area contributed by atoms with Crippen LogP contribution in [0.3, 0.4) is 0 Å². The fraction of sp³-hybridized carbons (Fsp3) is 0.583. The van der Waals surface area contributed by atoms with Crippen LogP contribution in [-0.2, 0) is 9.84 Å². The van der Waals surface area contributed by atoms with E-state index in [1.54, 1.807) is 18.3 Å². The summed E-state index contributed by atoms with van der Waals surface area (Å²) in [5.74, 6) is 0.521. The quantitative estimate of drug-likeness (QED) is 0.750. The molecule has 0 bridgehead atoms. The van der Waals surface area contributed by atoms with Crippen molar-refractivity contribution in [2.45, 2.75) is 24.2 Å². The van der Waals surface area contributed by atoms with Gasteiger partial charge in [0.1, 0.15) is 10.7 Å².